The van der Waals surface area contributed by atoms with Gasteiger partial charge in [0, 0.05) is 6.42 Å². The Morgan fingerprint density at radius 2 is 2.00 bits per heavy atom. The average Bonchev–Trinajstić information content (AvgIpc) is 2.24. The Bertz CT molecular complexity index is 160. The highest BCUT2D eigenvalue weighted by atomic mass is 16.5. The number of hydrogen-bond acceptors (Lipinski definition) is 3. The molecule has 3 nitrogen and oxygen atoms in total. The molecule has 0 aliphatic heterocycles. The second-order valence-electron chi connectivity index (χ2n) is 3.91. The highest BCUT2D eigenvalue weighted by Crippen LogP contribution is 2.09. The van der Waals surface area contributed by atoms with E-state index in [1.54, 1.807) is 0 Å². The smallest absolute Gasteiger partial charge is 0.306 e. The van der Waals surface area contributed by atoms with E-state index < -0.39 is 0 Å². The number of esters is 1. The Morgan fingerprint density at radius 1 is 1.27 bits per heavy atom. The minimum Gasteiger partial charge on any atom is -0.462 e. The Kier molecular flexibility index (Phi) is 9.59. The first-order valence-corrected chi connectivity index (χ1v) is 6.14. The molecule has 0 rings (SSSR count). The van der Waals surface area contributed by atoms with Gasteiger partial charge in [0.2, 0.25) is 0 Å². The highest BCUT2D eigenvalue weighted by molar-refractivity contribution is 5.69. The molecule has 90 valence electrons. The topological polar surface area (TPSA) is 52.3 Å². The van der Waals surface area contributed by atoms with Gasteiger partial charge in [-0.3, -0.25) is 4.79 Å². The number of rotatable bonds is 9. The lowest BCUT2D eigenvalue weighted by Gasteiger charge is -2.15. The standard InChI is InChI=1S/C12H25NO2/c1-3-8-11(4-2)15-12(14)9-6-5-7-10-13/h11H,3-10,13H2,1-2H3. The van der Waals surface area contributed by atoms with Gasteiger partial charge in [-0.05, 0) is 32.2 Å². The lowest BCUT2D eigenvalue weighted by molar-refractivity contribution is -0.149. The maximum Gasteiger partial charge on any atom is 0.306 e. The second-order valence-corrected chi connectivity index (χ2v) is 3.91. The molecule has 2 N–H and O–H groups in total. The largest absolute Gasteiger partial charge is 0.462 e. The molecule has 0 radical (unpaired) electrons. The van der Waals surface area contributed by atoms with E-state index in [4.69, 9.17) is 10.5 Å². The lowest BCUT2D eigenvalue weighted by Crippen LogP contribution is -2.17. The summed E-state index contributed by atoms with van der Waals surface area (Å²) in [5, 5.41) is 0. The third kappa shape index (κ3) is 8.43. The minimum atomic E-state index is -0.0488. The zero-order chi connectivity index (χ0) is 11.5. The highest BCUT2D eigenvalue weighted by Gasteiger charge is 2.10. The zero-order valence-corrected chi connectivity index (χ0v) is 10.1. The maximum atomic E-state index is 11.4. The average molecular weight is 215 g/mol. The molecule has 3 heteroatoms. The van der Waals surface area contributed by atoms with E-state index in [2.05, 4.69) is 13.8 Å². The minimum absolute atomic E-state index is 0.0488. The van der Waals surface area contributed by atoms with E-state index in [-0.39, 0.29) is 12.1 Å². The molecule has 0 spiro atoms. The van der Waals surface area contributed by atoms with Crippen LogP contribution in [0.3, 0.4) is 0 Å². The normalized spacial score (nSPS) is 12.5. The third-order valence-corrected chi connectivity index (χ3v) is 2.45. The van der Waals surface area contributed by atoms with Crippen LogP contribution in [0.5, 0.6) is 0 Å². The van der Waals surface area contributed by atoms with Gasteiger partial charge in [0.15, 0.2) is 0 Å². The van der Waals surface area contributed by atoms with E-state index in [9.17, 15) is 4.79 Å². The van der Waals surface area contributed by atoms with Crippen LogP contribution in [0.25, 0.3) is 0 Å². The van der Waals surface area contributed by atoms with Crippen LogP contribution in [0.4, 0.5) is 0 Å². The zero-order valence-electron chi connectivity index (χ0n) is 10.1. The number of hydrogen-bond donors (Lipinski definition) is 1. The molecule has 15 heavy (non-hydrogen) atoms. The summed E-state index contributed by atoms with van der Waals surface area (Å²) in [6.45, 7) is 4.88. The van der Waals surface area contributed by atoms with Gasteiger partial charge in [-0.25, -0.2) is 0 Å². The quantitative estimate of drug-likeness (QED) is 0.475. The van der Waals surface area contributed by atoms with Crippen molar-refractivity contribution in [3.63, 3.8) is 0 Å². The van der Waals surface area contributed by atoms with Crippen LogP contribution in [-0.2, 0) is 9.53 Å². The van der Waals surface area contributed by atoms with Crippen molar-refractivity contribution in [2.45, 2.75) is 64.9 Å². The molecule has 0 bridgehead atoms. The molecule has 0 aromatic heterocycles. The number of carbonyl (C=O) groups excluding carboxylic acids is 1. The fourth-order valence-corrected chi connectivity index (χ4v) is 1.50. The van der Waals surface area contributed by atoms with Crippen molar-refractivity contribution in [3.05, 3.63) is 0 Å². The predicted octanol–water partition coefficient (Wildman–Crippen LogP) is 2.63. The summed E-state index contributed by atoms with van der Waals surface area (Å²) in [7, 11) is 0. The van der Waals surface area contributed by atoms with Gasteiger partial charge in [0.05, 0.1) is 0 Å². The lowest BCUT2D eigenvalue weighted by atomic mass is 10.1. The molecule has 0 aliphatic carbocycles. The van der Waals surface area contributed by atoms with E-state index >= 15 is 0 Å². The van der Waals surface area contributed by atoms with E-state index in [1.165, 1.54) is 0 Å². The molecule has 0 saturated heterocycles. The Labute approximate surface area is 93.4 Å². The van der Waals surface area contributed by atoms with E-state index in [1.807, 2.05) is 0 Å². The fraction of sp³-hybridized carbons (Fsp3) is 0.917. The van der Waals surface area contributed by atoms with Crippen LogP contribution in [0.15, 0.2) is 0 Å². The molecular weight excluding hydrogens is 190 g/mol. The van der Waals surface area contributed by atoms with Crippen molar-refractivity contribution < 1.29 is 9.53 Å². The molecule has 0 aromatic rings. The summed E-state index contributed by atoms with van der Waals surface area (Å²) in [4.78, 5) is 11.4. The summed E-state index contributed by atoms with van der Waals surface area (Å²) in [6, 6.07) is 0. The molecule has 0 aromatic carbocycles. The number of unbranched alkanes of at least 4 members (excludes halogenated alkanes) is 2. The van der Waals surface area contributed by atoms with E-state index in [0.717, 1.165) is 38.5 Å². The summed E-state index contributed by atoms with van der Waals surface area (Å²) < 4.78 is 5.35. The number of ether oxygens (including phenoxy) is 1. The van der Waals surface area contributed by atoms with Crippen LogP contribution in [0, 0.1) is 0 Å². The van der Waals surface area contributed by atoms with Crippen LogP contribution >= 0.6 is 0 Å². The van der Waals surface area contributed by atoms with Gasteiger partial charge >= 0.3 is 5.97 Å². The number of carbonyl (C=O) groups is 1. The second kappa shape index (κ2) is 9.97. The summed E-state index contributed by atoms with van der Waals surface area (Å²) in [5.41, 5.74) is 5.37. The van der Waals surface area contributed by atoms with Gasteiger partial charge in [-0.15, -0.1) is 0 Å². The third-order valence-electron chi connectivity index (χ3n) is 2.45. The maximum absolute atomic E-state index is 11.4. The van der Waals surface area contributed by atoms with Crippen molar-refractivity contribution in [2.75, 3.05) is 6.54 Å². The monoisotopic (exact) mass is 215 g/mol. The van der Waals surface area contributed by atoms with Gasteiger partial charge in [0.1, 0.15) is 6.10 Å². The summed E-state index contributed by atoms with van der Waals surface area (Å²) in [6.07, 6.45) is 6.55. The van der Waals surface area contributed by atoms with Gasteiger partial charge in [0.25, 0.3) is 0 Å². The molecule has 0 amide bonds. The molecule has 0 fully saturated rings. The predicted molar refractivity (Wildman–Crippen MR) is 62.6 cm³/mol. The number of nitrogens with two attached hydrogens (primary N) is 1. The first kappa shape index (κ1) is 14.4. The van der Waals surface area contributed by atoms with Crippen LogP contribution in [0.2, 0.25) is 0 Å². The van der Waals surface area contributed by atoms with Crippen molar-refractivity contribution in [1.29, 1.82) is 0 Å². The molecule has 1 unspecified atom stereocenters. The van der Waals surface area contributed by atoms with Crippen molar-refractivity contribution in [2.24, 2.45) is 5.73 Å². The Balaban J connectivity index is 3.52. The molecule has 0 aliphatic rings. The van der Waals surface area contributed by atoms with Crippen LogP contribution in [0.1, 0.15) is 58.8 Å². The van der Waals surface area contributed by atoms with Gasteiger partial charge in [-0.1, -0.05) is 26.7 Å². The van der Waals surface area contributed by atoms with Crippen molar-refractivity contribution in [3.8, 4) is 0 Å². The Morgan fingerprint density at radius 3 is 2.53 bits per heavy atom. The molecule has 0 saturated carbocycles. The van der Waals surface area contributed by atoms with E-state index in [0.29, 0.717) is 13.0 Å². The summed E-state index contributed by atoms with van der Waals surface area (Å²) in [5.74, 6) is -0.0488. The van der Waals surface area contributed by atoms with Crippen LogP contribution < -0.4 is 5.73 Å². The molecule has 0 heterocycles. The molecule has 1 atom stereocenters. The molecular formula is C12H25NO2. The summed E-state index contributed by atoms with van der Waals surface area (Å²) >= 11 is 0. The SMILES string of the molecule is CCCC(CC)OC(=O)CCCCCN. The van der Waals surface area contributed by atoms with Gasteiger partial charge in [-0.2, -0.15) is 0 Å². The Hall–Kier alpha value is -0.570. The first-order valence-electron chi connectivity index (χ1n) is 6.14. The van der Waals surface area contributed by atoms with Crippen molar-refractivity contribution in [1.82, 2.24) is 0 Å². The van der Waals surface area contributed by atoms with Crippen LogP contribution in [-0.4, -0.2) is 18.6 Å². The van der Waals surface area contributed by atoms with Gasteiger partial charge < -0.3 is 10.5 Å². The fourth-order valence-electron chi connectivity index (χ4n) is 1.50. The van der Waals surface area contributed by atoms with Crippen molar-refractivity contribution >= 4 is 5.97 Å². The first-order chi connectivity index (χ1) is 7.24.